The summed E-state index contributed by atoms with van der Waals surface area (Å²) in [6.45, 7) is 3.48. The predicted molar refractivity (Wildman–Crippen MR) is 84.8 cm³/mol. The number of likely N-dealkylation sites (N-methyl/N-ethyl adjacent to an activating group) is 1. The van der Waals surface area contributed by atoms with Crippen LogP contribution >= 0.6 is 11.6 Å². The van der Waals surface area contributed by atoms with E-state index in [0.29, 0.717) is 5.39 Å². The smallest absolute Gasteiger partial charge is 0.314 e. The monoisotopic (exact) mass is 322 g/mol. The molecule has 0 amide bonds. The van der Waals surface area contributed by atoms with E-state index in [1.54, 1.807) is 0 Å². The molecular formula is C14H15ClN4O3. The first kappa shape index (κ1) is 14.8. The Morgan fingerprint density at radius 1 is 1.36 bits per heavy atom. The number of halogens is 1. The second kappa shape index (κ2) is 5.58. The maximum atomic E-state index is 11.0. The van der Waals surface area contributed by atoms with E-state index in [2.05, 4.69) is 21.8 Å². The summed E-state index contributed by atoms with van der Waals surface area (Å²) in [5.74, 6) is -0.444. The van der Waals surface area contributed by atoms with Gasteiger partial charge in [-0.15, -0.1) is 0 Å². The molecule has 0 atom stereocenters. The van der Waals surface area contributed by atoms with E-state index in [9.17, 15) is 15.2 Å². The third-order valence-electron chi connectivity index (χ3n) is 3.94. The lowest BCUT2D eigenvalue weighted by Gasteiger charge is -2.34. The van der Waals surface area contributed by atoms with Crippen molar-refractivity contribution in [2.45, 2.75) is 0 Å². The second-order valence-corrected chi connectivity index (χ2v) is 5.73. The minimum atomic E-state index is -0.662. The van der Waals surface area contributed by atoms with Gasteiger partial charge in [0.2, 0.25) is 5.75 Å². The Labute approximate surface area is 131 Å². The van der Waals surface area contributed by atoms with Crippen LogP contribution < -0.4 is 4.90 Å². The summed E-state index contributed by atoms with van der Waals surface area (Å²) < 4.78 is 0. The highest BCUT2D eigenvalue weighted by Gasteiger charge is 2.24. The Bertz CT molecular complexity index is 744. The molecule has 3 rings (SSSR count). The quantitative estimate of drug-likeness (QED) is 0.674. The van der Waals surface area contributed by atoms with Crippen LogP contribution in [0.4, 0.5) is 11.4 Å². The Kier molecular flexibility index (Phi) is 3.76. The topological polar surface area (TPSA) is 82.7 Å². The predicted octanol–water partition coefficient (Wildman–Crippen LogP) is 2.25. The SMILES string of the molecule is CN1CCN(c2ccnc3c(O)c([N+](=O)[O-])cc(Cl)c23)CC1. The first-order valence-corrected chi connectivity index (χ1v) is 7.25. The molecule has 0 spiro atoms. The van der Waals surface area contributed by atoms with E-state index in [1.807, 2.05) is 6.07 Å². The van der Waals surface area contributed by atoms with Gasteiger partial charge in [0.05, 0.1) is 9.95 Å². The van der Waals surface area contributed by atoms with Gasteiger partial charge in [-0.3, -0.25) is 15.1 Å². The van der Waals surface area contributed by atoms with E-state index in [0.717, 1.165) is 31.9 Å². The Morgan fingerprint density at radius 3 is 2.68 bits per heavy atom. The Balaban J connectivity index is 2.17. The van der Waals surface area contributed by atoms with Crippen molar-refractivity contribution in [1.82, 2.24) is 9.88 Å². The van der Waals surface area contributed by atoms with Crippen LogP contribution in [0.1, 0.15) is 0 Å². The molecule has 2 heterocycles. The van der Waals surface area contributed by atoms with Crippen molar-refractivity contribution >= 4 is 33.9 Å². The number of aromatic hydroxyl groups is 1. The van der Waals surface area contributed by atoms with Gasteiger partial charge in [0, 0.05) is 49.5 Å². The molecule has 0 unspecified atom stereocenters. The number of phenolic OH excluding ortho intramolecular Hbond substituents is 1. The zero-order valence-electron chi connectivity index (χ0n) is 12.0. The summed E-state index contributed by atoms with van der Waals surface area (Å²) in [6, 6.07) is 3.01. The summed E-state index contributed by atoms with van der Waals surface area (Å²) in [5, 5.41) is 21.9. The van der Waals surface area contributed by atoms with Crippen molar-refractivity contribution in [3.63, 3.8) is 0 Å². The van der Waals surface area contributed by atoms with Crippen molar-refractivity contribution in [3.8, 4) is 5.75 Å². The third kappa shape index (κ3) is 2.42. The van der Waals surface area contributed by atoms with Crippen LogP contribution in [0.25, 0.3) is 10.9 Å². The molecule has 2 aromatic rings. The zero-order valence-corrected chi connectivity index (χ0v) is 12.7. The third-order valence-corrected chi connectivity index (χ3v) is 4.24. The first-order chi connectivity index (χ1) is 10.5. The second-order valence-electron chi connectivity index (χ2n) is 5.33. The molecule has 116 valence electrons. The average molecular weight is 323 g/mol. The summed E-state index contributed by atoms with van der Waals surface area (Å²) in [6.07, 6.45) is 1.54. The van der Waals surface area contributed by atoms with Crippen LogP contribution in [0.15, 0.2) is 18.3 Å². The maximum Gasteiger partial charge on any atom is 0.314 e. The van der Waals surface area contributed by atoms with Crippen LogP contribution in [0, 0.1) is 10.1 Å². The lowest BCUT2D eigenvalue weighted by Crippen LogP contribution is -2.44. The molecule has 1 N–H and O–H groups in total. The molecule has 7 nitrogen and oxygen atoms in total. The molecule has 1 aromatic heterocycles. The number of aromatic nitrogens is 1. The van der Waals surface area contributed by atoms with Crippen LogP contribution in [0.5, 0.6) is 5.75 Å². The van der Waals surface area contributed by atoms with Gasteiger partial charge in [0.1, 0.15) is 5.52 Å². The van der Waals surface area contributed by atoms with Crippen molar-refractivity contribution < 1.29 is 10.0 Å². The van der Waals surface area contributed by atoms with Gasteiger partial charge in [0.25, 0.3) is 0 Å². The fourth-order valence-electron chi connectivity index (χ4n) is 2.70. The van der Waals surface area contributed by atoms with Crippen molar-refractivity contribution in [1.29, 1.82) is 0 Å². The molecule has 0 radical (unpaired) electrons. The van der Waals surface area contributed by atoms with Gasteiger partial charge >= 0.3 is 5.69 Å². The molecular weight excluding hydrogens is 308 g/mol. The molecule has 0 saturated carbocycles. The van der Waals surface area contributed by atoms with Crippen LogP contribution in [0.2, 0.25) is 5.02 Å². The summed E-state index contributed by atoms with van der Waals surface area (Å²) in [5.41, 5.74) is 0.574. The minimum absolute atomic E-state index is 0.163. The fraction of sp³-hybridized carbons (Fsp3) is 0.357. The van der Waals surface area contributed by atoms with Crippen molar-refractivity contribution in [3.05, 3.63) is 33.5 Å². The minimum Gasteiger partial charge on any atom is -0.501 e. The lowest BCUT2D eigenvalue weighted by atomic mass is 10.1. The fourth-order valence-corrected chi connectivity index (χ4v) is 2.99. The van der Waals surface area contributed by atoms with Gasteiger partial charge < -0.3 is 14.9 Å². The number of nitrogens with zero attached hydrogens (tertiary/aromatic N) is 4. The van der Waals surface area contributed by atoms with Gasteiger partial charge in [-0.05, 0) is 13.1 Å². The summed E-state index contributed by atoms with van der Waals surface area (Å²) in [4.78, 5) is 18.8. The first-order valence-electron chi connectivity index (χ1n) is 6.87. The van der Waals surface area contributed by atoms with E-state index in [-0.39, 0.29) is 10.5 Å². The highest BCUT2D eigenvalue weighted by Crippen LogP contribution is 2.41. The van der Waals surface area contributed by atoms with Gasteiger partial charge in [-0.25, -0.2) is 0 Å². The number of fused-ring (bicyclic) bond motifs is 1. The van der Waals surface area contributed by atoms with Crippen molar-refractivity contribution in [2.75, 3.05) is 38.1 Å². The van der Waals surface area contributed by atoms with E-state index in [1.165, 1.54) is 12.3 Å². The maximum absolute atomic E-state index is 11.0. The average Bonchev–Trinajstić information content (AvgIpc) is 2.50. The largest absolute Gasteiger partial charge is 0.501 e. The van der Waals surface area contributed by atoms with Crippen LogP contribution in [-0.2, 0) is 0 Å². The highest BCUT2D eigenvalue weighted by molar-refractivity contribution is 6.37. The number of hydrogen-bond acceptors (Lipinski definition) is 6. The molecule has 0 bridgehead atoms. The number of anilines is 1. The van der Waals surface area contributed by atoms with Gasteiger partial charge in [-0.1, -0.05) is 11.6 Å². The molecule has 1 saturated heterocycles. The molecule has 1 fully saturated rings. The number of hydrogen-bond donors (Lipinski definition) is 1. The summed E-state index contributed by atoms with van der Waals surface area (Å²) in [7, 11) is 2.06. The standard InChI is InChI=1S/C14H15ClN4O3/c1-17-4-6-18(7-5-17)10-2-3-16-13-12(10)9(15)8-11(14(13)20)19(21)22/h2-3,8,20H,4-7H2,1H3. The number of rotatable bonds is 2. The number of piperazine rings is 1. The highest BCUT2D eigenvalue weighted by atomic mass is 35.5. The van der Waals surface area contributed by atoms with Gasteiger partial charge in [0.15, 0.2) is 0 Å². The normalized spacial score (nSPS) is 16.2. The van der Waals surface area contributed by atoms with Gasteiger partial charge in [-0.2, -0.15) is 0 Å². The molecule has 22 heavy (non-hydrogen) atoms. The Morgan fingerprint density at radius 2 is 2.05 bits per heavy atom. The van der Waals surface area contributed by atoms with E-state index >= 15 is 0 Å². The lowest BCUT2D eigenvalue weighted by molar-refractivity contribution is -0.385. The van der Waals surface area contributed by atoms with Crippen LogP contribution in [0.3, 0.4) is 0 Å². The summed E-state index contributed by atoms with van der Waals surface area (Å²) >= 11 is 6.24. The molecule has 1 aliphatic rings. The number of phenols is 1. The number of pyridine rings is 1. The molecule has 8 heteroatoms. The molecule has 1 aliphatic heterocycles. The molecule has 0 aliphatic carbocycles. The van der Waals surface area contributed by atoms with E-state index < -0.39 is 16.4 Å². The van der Waals surface area contributed by atoms with Crippen molar-refractivity contribution in [2.24, 2.45) is 0 Å². The van der Waals surface area contributed by atoms with E-state index in [4.69, 9.17) is 11.6 Å². The molecule has 1 aromatic carbocycles. The number of benzene rings is 1. The number of nitro benzene ring substituents is 1. The van der Waals surface area contributed by atoms with Crippen LogP contribution in [-0.4, -0.2) is 53.1 Å². The number of nitro groups is 1. The Hall–Kier alpha value is -2.12. The zero-order chi connectivity index (χ0) is 15.9.